The molecule has 0 radical (unpaired) electrons. The number of hydrogen-bond acceptors (Lipinski definition) is 3. The lowest BCUT2D eigenvalue weighted by molar-refractivity contribution is 0.388. The minimum Gasteiger partial charge on any atom is -0.273 e. The van der Waals surface area contributed by atoms with Crippen LogP contribution >= 0.6 is 0 Å². The maximum Gasteiger partial charge on any atom is 0.274 e. The molecule has 1 rings (SSSR count). The van der Waals surface area contributed by atoms with Crippen molar-refractivity contribution in [3.05, 3.63) is 48.6 Å². The smallest absolute Gasteiger partial charge is 0.273 e. The summed E-state index contributed by atoms with van der Waals surface area (Å²) in [5, 5.41) is -0.666. The highest BCUT2D eigenvalue weighted by Crippen LogP contribution is 2.26. The van der Waals surface area contributed by atoms with Gasteiger partial charge in [-0.15, -0.1) is 6.58 Å². The van der Waals surface area contributed by atoms with Crippen molar-refractivity contribution in [2.45, 2.75) is 11.7 Å². The van der Waals surface area contributed by atoms with Gasteiger partial charge in [-0.1, -0.05) is 36.4 Å². The summed E-state index contributed by atoms with van der Waals surface area (Å²) >= 11 is 0. The summed E-state index contributed by atoms with van der Waals surface area (Å²) in [6, 6.07) is 8.98. The van der Waals surface area contributed by atoms with Crippen molar-refractivity contribution in [2.75, 3.05) is 7.11 Å². The molecule has 0 heterocycles. The van der Waals surface area contributed by atoms with Gasteiger partial charge in [-0.2, -0.15) is 8.42 Å². The molecule has 1 aromatic carbocycles. The lowest BCUT2D eigenvalue weighted by Gasteiger charge is -2.14. The number of hydrogen-bond donors (Lipinski definition) is 0. The van der Waals surface area contributed by atoms with Gasteiger partial charge in [0.25, 0.3) is 10.1 Å². The molecular weight excluding hydrogens is 212 g/mol. The van der Waals surface area contributed by atoms with Crippen molar-refractivity contribution in [3.8, 4) is 0 Å². The fourth-order valence-electron chi connectivity index (χ4n) is 1.36. The van der Waals surface area contributed by atoms with E-state index in [9.17, 15) is 8.42 Å². The molecule has 0 aliphatic carbocycles. The molecule has 0 bridgehead atoms. The highest BCUT2D eigenvalue weighted by Gasteiger charge is 2.25. The molecule has 0 aliphatic rings. The van der Waals surface area contributed by atoms with Crippen LogP contribution in [0.2, 0.25) is 0 Å². The third-order valence-corrected chi connectivity index (χ3v) is 3.76. The summed E-state index contributed by atoms with van der Waals surface area (Å²) in [7, 11) is -2.37. The molecule has 0 N–H and O–H groups in total. The van der Waals surface area contributed by atoms with Crippen LogP contribution < -0.4 is 0 Å². The predicted octanol–water partition coefficient (Wildman–Crippen LogP) is 2.28. The standard InChI is InChI=1S/C11H14O3S/c1-3-7-11(15(12,13)14-2)10-8-5-4-6-9-10/h3-6,8-9,11H,1,7H2,2H3/t11-/m1/s1. The predicted molar refractivity (Wildman–Crippen MR) is 59.9 cm³/mol. The lowest BCUT2D eigenvalue weighted by Crippen LogP contribution is -2.14. The maximum absolute atomic E-state index is 11.6. The van der Waals surface area contributed by atoms with Crippen LogP contribution in [0.5, 0.6) is 0 Å². The van der Waals surface area contributed by atoms with Crippen LogP contribution in [0.4, 0.5) is 0 Å². The third kappa shape index (κ3) is 2.91. The molecule has 0 aliphatic heterocycles. The molecule has 0 spiro atoms. The van der Waals surface area contributed by atoms with Gasteiger partial charge in [0.15, 0.2) is 0 Å². The van der Waals surface area contributed by atoms with Crippen molar-refractivity contribution in [2.24, 2.45) is 0 Å². The molecule has 15 heavy (non-hydrogen) atoms. The topological polar surface area (TPSA) is 43.4 Å². The van der Waals surface area contributed by atoms with E-state index in [1.165, 1.54) is 7.11 Å². The Bertz CT molecular complexity index is 409. The summed E-state index contributed by atoms with van der Waals surface area (Å²) in [6.45, 7) is 3.55. The van der Waals surface area contributed by atoms with Gasteiger partial charge in [-0.25, -0.2) is 0 Å². The van der Waals surface area contributed by atoms with Crippen molar-refractivity contribution >= 4 is 10.1 Å². The average molecular weight is 226 g/mol. The summed E-state index contributed by atoms with van der Waals surface area (Å²) < 4.78 is 27.8. The lowest BCUT2D eigenvalue weighted by atomic mass is 10.1. The van der Waals surface area contributed by atoms with Gasteiger partial charge < -0.3 is 0 Å². The fourth-order valence-corrected chi connectivity index (χ4v) is 2.45. The molecule has 1 atom stereocenters. The molecule has 0 aromatic heterocycles. The van der Waals surface area contributed by atoms with Gasteiger partial charge in [-0.3, -0.25) is 4.18 Å². The van der Waals surface area contributed by atoms with E-state index >= 15 is 0 Å². The Balaban J connectivity index is 3.09. The molecule has 1 aromatic rings. The molecular formula is C11H14O3S. The van der Waals surface area contributed by atoms with Gasteiger partial charge >= 0.3 is 0 Å². The summed E-state index contributed by atoms with van der Waals surface area (Å²) in [4.78, 5) is 0. The molecule has 0 unspecified atom stereocenters. The van der Waals surface area contributed by atoms with E-state index in [4.69, 9.17) is 0 Å². The van der Waals surface area contributed by atoms with Gasteiger partial charge in [-0.05, 0) is 12.0 Å². The average Bonchev–Trinajstić information content (AvgIpc) is 2.27. The summed E-state index contributed by atoms with van der Waals surface area (Å²) in [5.74, 6) is 0. The second-order valence-corrected chi connectivity index (χ2v) is 4.97. The first kappa shape index (κ1) is 11.9. The molecule has 3 nitrogen and oxygen atoms in total. The number of benzene rings is 1. The summed E-state index contributed by atoms with van der Waals surface area (Å²) in [6.07, 6.45) is 1.93. The van der Waals surface area contributed by atoms with Crippen molar-refractivity contribution in [3.63, 3.8) is 0 Å². The van der Waals surface area contributed by atoms with Crippen LogP contribution in [-0.2, 0) is 14.3 Å². The minimum absolute atomic E-state index is 0.347. The van der Waals surface area contributed by atoms with Crippen LogP contribution in [0.25, 0.3) is 0 Å². The molecule has 0 amide bonds. The van der Waals surface area contributed by atoms with Crippen LogP contribution in [-0.4, -0.2) is 15.5 Å². The van der Waals surface area contributed by atoms with E-state index in [0.29, 0.717) is 6.42 Å². The molecule has 4 heteroatoms. The first-order valence-electron chi connectivity index (χ1n) is 4.57. The van der Waals surface area contributed by atoms with E-state index in [2.05, 4.69) is 10.8 Å². The summed E-state index contributed by atoms with van der Waals surface area (Å²) in [5.41, 5.74) is 0.722. The van der Waals surface area contributed by atoms with Gasteiger partial charge in [0, 0.05) is 0 Å². The normalized spacial score (nSPS) is 13.4. The van der Waals surface area contributed by atoms with Gasteiger partial charge in [0.2, 0.25) is 0 Å². The first-order chi connectivity index (χ1) is 7.11. The van der Waals surface area contributed by atoms with Crippen molar-refractivity contribution in [1.29, 1.82) is 0 Å². The quantitative estimate of drug-likeness (QED) is 0.571. The Morgan fingerprint density at radius 2 is 2.00 bits per heavy atom. The highest BCUT2D eigenvalue weighted by atomic mass is 32.2. The second kappa shape index (κ2) is 5.09. The molecule has 82 valence electrons. The van der Waals surface area contributed by atoms with Gasteiger partial charge in [0.05, 0.1) is 7.11 Å². The van der Waals surface area contributed by atoms with E-state index in [0.717, 1.165) is 5.56 Å². The Morgan fingerprint density at radius 3 is 2.47 bits per heavy atom. The first-order valence-corrected chi connectivity index (χ1v) is 6.04. The zero-order chi connectivity index (χ0) is 11.3. The zero-order valence-corrected chi connectivity index (χ0v) is 9.41. The second-order valence-electron chi connectivity index (χ2n) is 3.08. The SMILES string of the molecule is C=CC[C@H](c1ccccc1)S(=O)(=O)OC. The number of rotatable bonds is 5. The molecule has 0 saturated carbocycles. The van der Waals surface area contributed by atoms with Crippen LogP contribution in [0, 0.1) is 0 Å². The number of allylic oxidation sites excluding steroid dienone is 1. The van der Waals surface area contributed by atoms with E-state index in [1.807, 2.05) is 6.07 Å². The Hall–Kier alpha value is -1.13. The zero-order valence-electron chi connectivity index (χ0n) is 8.59. The van der Waals surface area contributed by atoms with Crippen LogP contribution in [0.15, 0.2) is 43.0 Å². The van der Waals surface area contributed by atoms with E-state index in [1.54, 1.807) is 30.3 Å². The maximum atomic E-state index is 11.6. The highest BCUT2D eigenvalue weighted by molar-refractivity contribution is 7.87. The fraction of sp³-hybridized carbons (Fsp3) is 0.273. The largest absolute Gasteiger partial charge is 0.274 e. The minimum atomic E-state index is -3.55. The van der Waals surface area contributed by atoms with Crippen LogP contribution in [0.3, 0.4) is 0 Å². The Morgan fingerprint density at radius 1 is 1.40 bits per heavy atom. The Kier molecular flexibility index (Phi) is 4.05. The Labute approximate surface area is 90.5 Å². The van der Waals surface area contributed by atoms with E-state index in [-0.39, 0.29) is 0 Å². The third-order valence-electron chi connectivity index (χ3n) is 2.13. The monoisotopic (exact) mass is 226 g/mol. The van der Waals surface area contributed by atoms with Crippen LogP contribution in [0.1, 0.15) is 17.2 Å². The molecule has 0 fully saturated rings. The van der Waals surface area contributed by atoms with E-state index < -0.39 is 15.4 Å². The van der Waals surface area contributed by atoms with Crippen molar-refractivity contribution < 1.29 is 12.6 Å². The van der Waals surface area contributed by atoms with Crippen molar-refractivity contribution in [1.82, 2.24) is 0 Å². The van der Waals surface area contributed by atoms with Gasteiger partial charge in [0.1, 0.15) is 5.25 Å². The molecule has 0 saturated heterocycles.